The molecule has 1 amide bonds. The number of rotatable bonds is 4. The van der Waals surface area contributed by atoms with Crippen molar-refractivity contribution in [3.63, 3.8) is 0 Å². The molecule has 6 nitrogen and oxygen atoms in total. The Bertz CT molecular complexity index is 1030. The van der Waals surface area contributed by atoms with Crippen LogP contribution in [0.25, 0.3) is 11.3 Å². The normalized spacial score (nSPS) is 10.7. The lowest BCUT2D eigenvalue weighted by Gasteiger charge is -2.08. The zero-order chi connectivity index (χ0) is 18.8. The van der Waals surface area contributed by atoms with Gasteiger partial charge in [-0.25, -0.2) is 13.5 Å². The molecule has 8 heteroatoms. The van der Waals surface area contributed by atoms with E-state index in [2.05, 4.69) is 10.1 Å². The van der Waals surface area contributed by atoms with E-state index in [4.69, 9.17) is 5.73 Å². The molecule has 0 aliphatic carbocycles. The van der Waals surface area contributed by atoms with Crippen molar-refractivity contribution in [1.82, 2.24) is 14.8 Å². The van der Waals surface area contributed by atoms with Crippen molar-refractivity contribution in [2.75, 3.05) is 0 Å². The SMILES string of the molecule is Cn1nc(C(N)=O)c(-c2ccc(Cc3cc(F)cc(F)c3)cn2)cc1=O. The van der Waals surface area contributed by atoms with Gasteiger partial charge < -0.3 is 5.73 Å². The van der Waals surface area contributed by atoms with Crippen LogP contribution in [0.3, 0.4) is 0 Å². The summed E-state index contributed by atoms with van der Waals surface area (Å²) in [4.78, 5) is 27.6. The zero-order valence-corrected chi connectivity index (χ0v) is 13.7. The van der Waals surface area contributed by atoms with Gasteiger partial charge in [-0.15, -0.1) is 0 Å². The molecule has 3 aromatic rings. The molecule has 0 saturated carbocycles. The minimum atomic E-state index is -0.781. The average molecular weight is 356 g/mol. The maximum Gasteiger partial charge on any atom is 0.269 e. The van der Waals surface area contributed by atoms with Gasteiger partial charge in [0.2, 0.25) is 0 Å². The van der Waals surface area contributed by atoms with Gasteiger partial charge in [0, 0.05) is 30.9 Å². The quantitative estimate of drug-likeness (QED) is 0.772. The van der Waals surface area contributed by atoms with Gasteiger partial charge >= 0.3 is 0 Å². The molecule has 0 radical (unpaired) electrons. The number of hydrogen-bond acceptors (Lipinski definition) is 4. The second kappa shape index (κ2) is 6.83. The summed E-state index contributed by atoms with van der Waals surface area (Å²) in [6, 6.07) is 7.80. The number of benzene rings is 1. The fraction of sp³-hybridized carbons (Fsp3) is 0.111. The highest BCUT2D eigenvalue weighted by Crippen LogP contribution is 2.20. The van der Waals surface area contributed by atoms with E-state index in [0.29, 0.717) is 16.8 Å². The van der Waals surface area contributed by atoms with Crippen LogP contribution in [-0.4, -0.2) is 20.7 Å². The minimum absolute atomic E-state index is 0.0699. The molecule has 1 aromatic carbocycles. The molecule has 0 fully saturated rings. The van der Waals surface area contributed by atoms with E-state index in [1.807, 2.05) is 0 Å². The number of primary amides is 1. The Balaban J connectivity index is 1.94. The number of pyridine rings is 1. The molecule has 0 aliphatic rings. The summed E-state index contributed by atoms with van der Waals surface area (Å²) in [5, 5.41) is 3.86. The smallest absolute Gasteiger partial charge is 0.269 e. The Morgan fingerprint density at radius 1 is 1.12 bits per heavy atom. The number of carbonyl (C=O) groups excluding carboxylic acids is 1. The Kier molecular flexibility index (Phi) is 4.57. The maximum atomic E-state index is 13.3. The van der Waals surface area contributed by atoms with Gasteiger partial charge in [0.15, 0.2) is 5.69 Å². The molecule has 0 atom stereocenters. The van der Waals surface area contributed by atoms with Crippen LogP contribution in [0.15, 0.2) is 47.4 Å². The van der Waals surface area contributed by atoms with E-state index in [1.165, 1.54) is 31.4 Å². The van der Waals surface area contributed by atoms with E-state index in [-0.39, 0.29) is 17.7 Å². The lowest BCUT2D eigenvalue weighted by Crippen LogP contribution is -2.25. The summed E-state index contributed by atoms with van der Waals surface area (Å²) in [7, 11) is 1.41. The van der Waals surface area contributed by atoms with E-state index in [1.54, 1.807) is 12.1 Å². The molecule has 2 N–H and O–H groups in total. The van der Waals surface area contributed by atoms with Crippen molar-refractivity contribution >= 4 is 5.91 Å². The van der Waals surface area contributed by atoms with Crippen LogP contribution in [0.2, 0.25) is 0 Å². The lowest BCUT2D eigenvalue weighted by molar-refractivity contribution is 0.0994. The topological polar surface area (TPSA) is 90.9 Å². The summed E-state index contributed by atoms with van der Waals surface area (Å²) in [6.45, 7) is 0. The Morgan fingerprint density at radius 2 is 1.81 bits per heavy atom. The summed E-state index contributed by atoms with van der Waals surface area (Å²) < 4.78 is 27.5. The third-order valence-electron chi connectivity index (χ3n) is 3.76. The third-order valence-corrected chi connectivity index (χ3v) is 3.76. The van der Waals surface area contributed by atoms with Crippen molar-refractivity contribution in [1.29, 1.82) is 0 Å². The van der Waals surface area contributed by atoms with Crippen LogP contribution >= 0.6 is 0 Å². The standard InChI is InChI=1S/C18H14F2N4O2/c1-24-16(25)8-14(17(23-24)18(21)26)15-3-2-10(9-22-15)4-11-5-12(19)7-13(20)6-11/h2-3,5-9H,4H2,1H3,(H2,21,26). The van der Waals surface area contributed by atoms with Gasteiger partial charge in [-0.05, 0) is 35.7 Å². The predicted molar refractivity (Wildman–Crippen MR) is 90.4 cm³/mol. The van der Waals surface area contributed by atoms with E-state index < -0.39 is 23.1 Å². The first-order valence-corrected chi connectivity index (χ1v) is 7.62. The van der Waals surface area contributed by atoms with Crippen LogP contribution in [0.4, 0.5) is 8.78 Å². The minimum Gasteiger partial charge on any atom is -0.364 e. The lowest BCUT2D eigenvalue weighted by atomic mass is 10.0. The van der Waals surface area contributed by atoms with Gasteiger partial charge in [0.25, 0.3) is 11.5 Å². The van der Waals surface area contributed by atoms with Crippen molar-refractivity contribution in [3.8, 4) is 11.3 Å². The predicted octanol–water partition coefficient (Wildman–Crippen LogP) is 1.81. The Morgan fingerprint density at radius 3 is 2.38 bits per heavy atom. The monoisotopic (exact) mass is 356 g/mol. The largest absolute Gasteiger partial charge is 0.364 e. The van der Waals surface area contributed by atoms with Crippen LogP contribution in [0.1, 0.15) is 21.6 Å². The fourth-order valence-corrected chi connectivity index (χ4v) is 2.55. The molecular formula is C18H14F2N4O2. The summed E-state index contributed by atoms with van der Waals surface area (Å²) >= 11 is 0. The first-order chi connectivity index (χ1) is 12.3. The van der Waals surface area contributed by atoms with Crippen molar-refractivity contribution < 1.29 is 13.6 Å². The second-order valence-corrected chi connectivity index (χ2v) is 5.74. The number of amides is 1. The van der Waals surface area contributed by atoms with Crippen molar-refractivity contribution in [2.24, 2.45) is 12.8 Å². The molecule has 132 valence electrons. The summed E-state index contributed by atoms with van der Waals surface area (Å²) in [5.41, 5.74) is 6.57. The van der Waals surface area contributed by atoms with Crippen LogP contribution in [0.5, 0.6) is 0 Å². The highest BCUT2D eigenvalue weighted by molar-refractivity contribution is 5.97. The summed E-state index contributed by atoms with van der Waals surface area (Å²) in [6.07, 6.45) is 1.78. The number of aromatic nitrogens is 3. The Labute approximate surface area is 146 Å². The van der Waals surface area contributed by atoms with Gasteiger partial charge in [0.05, 0.1) is 5.69 Å². The van der Waals surface area contributed by atoms with E-state index in [9.17, 15) is 18.4 Å². The number of halogens is 2. The number of aryl methyl sites for hydroxylation is 1. The van der Waals surface area contributed by atoms with Crippen LogP contribution in [0, 0.1) is 11.6 Å². The summed E-state index contributed by atoms with van der Waals surface area (Å²) in [5.74, 6) is -2.08. The molecule has 26 heavy (non-hydrogen) atoms. The second-order valence-electron chi connectivity index (χ2n) is 5.74. The molecule has 3 rings (SSSR count). The zero-order valence-electron chi connectivity index (χ0n) is 13.7. The van der Waals surface area contributed by atoms with E-state index >= 15 is 0 Å². The van der Waals surface area contributed by atoms with Gasteiger partial charge in [-0.2, -0.15) is 5.10 Å². The van der Waals surface area contributed by atoms with E-state index in [0.717, 1.165) is 10.7 Å². The Hall–Kier alpha value is -3.42. The van der Waals surface area contributed by atoms with Crippen LogP contribution < -0.4 is 11.3 Å². The highest BCUT2D eigenvalue weighted by Gasteiger charge is 2.15. The number of hydrogen-bond donors (Lipinski definition) is 1. The number of nitrogens with two attached hydrogens (primary N) is 1. The first-order valence-electron chi connectivity index (χ1n) is 7.62. The molecule has 0 spiro atoms. The molecule has 0 aliphatic heterocycles. The fourth-order valence-electron chi connectivity index (χ4n) is 2.55. The average Bonchev–Trinajstić information content (AvgIpc) is 2.56. The third kappa shape index (κ3) is 3.64. The highest BCUT2D eigenvalue weighted by atomic mass is 19.1. The van der Waals surface area contributed by atoms with Crippen LogP contribution in [-0.2, 0) is 13.5 Å². The van der Waals surface area contributed by atoms with Gasteiger partial charge in [0.1, 0.15) is 11.6 Å². The van der Waals surface area contributed by atoms with Crippen molar-refractivity contribution in [2.45, 2.75) is 6.42 Å². The molecule has 2 aromatic heterocycles. The maximum absolute atomic E-state index is 13.3. The molecular weight excluding hydrogens is 342 g/mol. The number of carbonyl (C=O) groups is 1. The van der Waals surface area contributed by atoms with Crippen molar-refractivity contribution in [3.05, 3.63) is 81.4 Å². The first kappa shape index (κ1) is 17.4. The number of nitrogens with zero attached hydrogens (tertiary/aromatic N) is 3. The molecule has 0 unspecified atom stereocenters. The van der Waals surface area contributed by atoms with Gasteiger partial charge in [-0.3, -0.25) is 14.6 Å². The van der Waals surface area contributed by atoms with Gasteiger partial charge in [-0.1, -0.05) is 6.07 Å². The molecule has 2 heterocycles. The molecule has 0 bridgehead atoms. The molecule has 0 saturated heterocycles.